The minimum absolute atomic E-state index is 0.0287. The Labute approximate surface area is 153 Å². The summed E-state index contributed by atoms with van der Waals surface area (Å²) < 4.78 is 0. The predicted molar refractivity (Wildman–Crippen MR) is 103 cm³/mol. The van der Waals surface area contributed by atoms with Crippen LogP contribution in [0.2, 0.25) is 0 Å². The number of carbonyl (C=O) groups excluding carboxylic acids is 2. The van der Waals surface area contributed by atoms with Gasteiger partial charge in [-0.1, -0.05) is 12.8 Å². The SMILES string of the molecule is CC(=O)/C=C/c1c[nH]c2ncc(N3CC(CC(=O)C4CCCC4)C3)cc12. The number of hydrogen-bond donors (Lipinski definition) is 1. The van der Waals surface area contributed by atoms with Gasteiger partial charge in [-0.15, -0.1) is 0 Å². The normalized spacial score (nSPS) is 18.7. The van der Waals surface area contributed by atoms with Crippen LogP contribution in [0.25, 0.3) is 17.1 Å². The number of pyridine rings is 1. The quantitative estimate of drug-likeness (QED) is 0.805. The molecule has 1 saturated carbocycles. The smallest absolute Gasteiger partial charge is 0.152 e. The lowest BCUT2D eigenvalue weighted by Crippen LogP contribution is -2.48. The molecule has 0 amide bonds. The van der Waals surface area contributed by atoms with Gasteiger partial charge in [0.05, 0.1) is 11.9 Å². The second kappa shape index (κ2) is 7.06. The van der Waals surface area contributed by atoms with Crippen molar-refractivity contribution in [3.8, 4) is 0 Å². The fraction of sp³-hybridized carbons (Fsp3) is 0.476. The third-order valence-corrected chi connectivity index (χ3v) is 5.67. The highest BCUT2D eigenvalue weighted by atomic mass is 16.1. The van der Waals surface area contributed by atoms with Crippen LogP contribution in [0.3, 0.4) is 0 Å². The summed E-state index contributed by atoms with van der Waals surface area (Å²) in [6.07, 6.45) is 12.5. The van der Waals surface area contributed by atoms with Crippen molar-refractivity contribution in [2.45, 2.75) is 39.0 Å². The first-order valence-electron chi connectivity index (χ1n) is 9.53. The molecular weight excluding hydrogens is 326 g/mol. The van der Waals surface area contributed by atoms with E-state index in [2.05, 4.69) is 20.9 Å². The molecule has 2 aromatic heterocycles. The number of carbonyl (C=O) groups is 2. The number of H-pyrrole nitrogens is 1. The lowest BCUT2D eigenvalue weighted by molar-refractivity contribution is -0.123. The molecule has 5 nitrogen and oxygen atoms in total. The van der Waals surface area contributed by atoms with Crippen molar-refractivity contribution < 1.29 is 9.59 Å². The van der Waals surface area contributed by atoms with E-state index in [0.717, 1.165) is 54.6 Å². The Kier molecular flexibility index (Phi) is 4.62. The summed E-state index contributed by atoms with van der Waals surface area (Å²) in [6.45, 7) is 3.39. The fourth-order valence-corrected chi connectivity index (χ4v) is 4.14. The number of allylic oxidation sites excluding steroid dienone is 1. The first kappa shape index (κ1) is 17.0. The average molecular weight is 351 g/mol. The molecule has 0 radical (unpaired) electrons. The molecule has 0 atom stereocenters. The Bertz CT molecular complexity index is 855. The molecule has 1 saturated heterocycles. The van der Waals surface area contributed by atoms with E-state index in [0.29, 0.717) is 17.6 Å². The van der Waals surface area contributed by atoms with Crippen molar-refractivity contribution >= 4 is 34.4 Å². The average Bonchev–Trinajstić information content (AvgIpc) is 3.25. The second-order valence-corrected chi connectivity index (χ2v) is 7.70. The standard InChI is InChI=1S/C21H25N3O2/c1-14(25)6-7-17-10-22-21-19(17)9-18(11-23-21)24-12-15(13-24)8-20(26)16-4-2-3-5-16/h6-7,9-11,15-16H,2-5,8,12-13H2,1H3,(H,22,23)/b7-6+. The largest absolute Gasteiger partial charge is 0.370 e. The molecule has 1 aliphatic carbocycles. The van der Waals surface area contributed by atoms with Gasteiger partial charge in [-0.05, 0) is 38.0 Å². The lowest BCUT2D eigenvalue weighted by Gasteiger charge is -2.41. The second-order valence-electron chi connectivity index (χ2n) is 7.70. The number of rotatable bonds is 6. The summed E-state index contributed by atoms with van der Waals surface area (Å²) in [6, 6.07) is 2.12. The monoisotopic (exact) mass is 351 g/mol. The highest BCUT2D eigenvalue weighted by Crippen LogP contribution is 2.32. The molecule has 0 spiro atoms. The zero-order chi connectivity index (χ0) is 18.1. The molecule has 1 N–H and O–H groups in total. The van der Waals surface area contributed by atoms with Crippen LogP contribution in [0.15, 0.2) is 24.5 Å². The van der Waals surface area contributed by atoms with Crippen molar-refractivity contribution in [2.24, 2.45) is 11.8 Å². The molecule has 0 unspecified atom stereocenters. The summed E-state index contributed by atoms with van der Waals surface area (Å²) in [5.74, 6) is 1.31. The third-order valence-electron chi connectivity index (χ3n) is 5.67. The van der Waals surface area contributed by atoms with Crippen LogP contribution in [0.4, 0.5) is 5.69 Å². The van der Waals surface area contributed by atoms with E-state index < -0.39 is 0 Å². The zero-order valence-corrected chi connectivity index (χ0v) is 15.2. The van der Waals surface area contributed by atoms with Crippen LogP contribution in [0, 0.1) is 11.8 Å². The van der Waals surface area contributed by atoms with E-state index in [9.17, 15) is 9.59 Å². The first-order chi connectivity index (χ1) is 12.6. The minimum atomic E-state index is 0.0287. The summed E-state index contributed by atoms with van der Waals surface area (Å²) in [5.41, 5.74) is 2.88. The van der Waals surface area contributed by atoms with Gasteiger partial charge < -0.3 is 9.88 Å². The van der Waals surface area contributed by atoms with E-state index in [1.165, 1.54) is 12.8 Å². The molecule has 5 heteroatoms. The number of aromatic nitrogens is 2. The van der Waals surface area contributed by atoms with Crippen LogP contribution < -0.4 is 4.90 Å². The highest BCUT2D eigenvalue weighted by Gasteiger charge is 2.32. The molecule has 0 bridgehead atoms. The zero-order valence-electron chi connectivity index (χ0n) is 15.2. The Balaban J connectivity index is 1.41. The number of ketones is 2. The van der Waals surface area contributed by atoms with Crippen LogP contribution in [-0.4, -0.2) is 34.6 Å². The van der Waals surface area contributed by atoms with Crippen molar-refractivity contribution in [1.29, 1.82) is 0 Å². The molecule has 4 rings (SSSR count). The maximum absolute atomic E-state index is 12.3. The molecule has 3 heterocycles. The Morgan fingerprint density at radius 3 is 2.81 bits per heavy atom. The van der Waals surface area contributed by atoms with Gasteiger partial charge in [0.1, 0.15) is 11.4 Å². The van der Waals surface area contributed by atoms with Crippen LogP contribution in [0.5, 0.6) is 0 Å². The van der Waals surface area contributed by atoms with Crippen LogP contribution >= 0.6 is 0 Å². The summed E-state index contributed by atoms with van der Waals surface area (Å²) in [7, 11) is 0. The van der Waals surface area contributed by atoms with Gasteiger partial charge in [-0.25, -0.2) is 4.98 Å². The van der Waals surface area contributed by atoms with Gasteiger partial charge in [0.2, 0.25) is 0 Å². The predicted octanol–water partition coefficient (Wildman–Crippen LogP) is 3.75. The lowest BCUT2D eigenvalue weighted by atomic mass is 9.88. The number of aromatic amines is 1. The number of nitrogens with one attached hydrogen (secondary N) is 1. The molecular formula is C21H25N3O2. The molecule has 2 fully saturated rings. The minimum Gasteiger partial charge on any atom is -0.370 e. The van der Waals surface area contributed by atoms with Crippen molar-refractivity contribution in [1.82, 2.24) is 9.97 Å². The van der Waals surface area contributed by atoms with Crippen molar-refractivity contribution in [3.05, 3.63) is 30.1 Å². The van der Waals surface area contributed by atoms with Crippen molar-refractivity contribution in [3.63, 3.8) is 0 Å². The van der Waals surface area contributed by atoms with Crippen molar-refractivity contribution in [2.75, 3.05) is 18.0 Å². The van der Waals surface area contributed by atoms with E-state index in [-0.39, 0.29) is 5.78 Å². The summed E-state index contributed by atoms with van der Waals surface area (Å²) in [4.78, 5) is 33.4. The number of fused-ring (bicyclic) bond motifs is 1. The van der Waals surface area contributed by atoms with Gasteiger partial charge in [-0.3, -0.25) is 9.59 Å². The third kappa shape index (κ3) is 3.43. The Hall–Kier alpha value is -2.43. The van der Waals surface area contributed by atoms with Gasteiger partial charge >= 0.3 is 0 Å². The molecule has 26 heavy (non-hydrogen) atoms. The summed E-state index contributed by atoms with van der Waals surface area (Å²) in [5, 5.41) is 1.02. The number of anilines is 1. The number of nitrogens with zero attached hydrogens (tertiary/aromatic N) is 2. The Morgan fingerprint density at radius 2 is 2.08 bits per heavy atom. The van der Waals surface area contributed by atoms with E-state index in [1.54, 1.807) is 13.0 Å². The molecule has 1 aliphatic heterocycles. The number of hydrogen-bond acceptors (Lipinski definition) is 4. The molecule has 2 aromatic rings. The van der Waals surface area contributed by atoms with Gasteiger partial charge in [0, 0.05) is 48.5 Å². The highest BCUT2D eigenvalue weighted by molar-refractivity contribution is 5.96. The topological polar surface area (TPSA) is 66.1 Å². The maximum Gasteiger partial charge on any atom is 0.152 e. The Morgan fingerprint density at radius 1 is 1.31 bits per heavy atom. The van der Waals surface area contributed by atoms with Gasteiger partial charge in [0.25, 0.3) is 0 Å². The fourth-order valence-electron chi connectivity index (χ4n) is 4.14. The van der Waals surface area contributed by atoms with Gasteiger partial charge in [-0.2, -0.15) is 0 Å². The molecule has 2 aliphatic rings. The number of Topliss-reactive ketones (excluding diaryl/α,β-unsaturated/α-hetero) is 1. The van der Waals surface area contributed by atoms with E-state index in [1.807, 2.05) is 18.5 Å². The first-order valence-corrected chi connectivity index (χ1v) is 9.53. The van der Waals surface area contributed by atoms with E-state index in [4.69, 9.17) is 0 Å². The maximum atomic E-state index is 12.3. The van der Waals surface area contributed by atoms with Gasteiger partial charge in [0.15, 0.2) is 5.78 Å². The molecule has 0 aromatic carbocycles. The molecule has 136 valence electrons. The van der Waals surface area contributed by atoms with E-state index >= 15 is 0 Å². The summed E-state index contributed by atoms with van der Waals surface area (Å²) >= 11 is 0. The van der Waals surface area contributed by atoms with Crippen LogP contribution in [0.1, 0.15) is 44.6 Å². The van der Waals surface area contributed by atoms with Crippen LogP contribution in [-0.2, 0) is 9.59 Å².